The lowest BCUT2D eigenvalue weighted by Crippen LogP contribution is -2.09. The van der Waals surface area contributed by atoms with Crippen molar-refractivity contribution in [3.63, 3.8) is 0 Å². The Morgan fingerprint density at radius 1 is 0.895 bits per heavy atom. The molecule has 92 valence electrons. The fraction of sp³-hybridized carbons (Fsp3) is 0. The van der Waals surface area contributed by atoms with Crippen molar-refractivity contribution in [2.75, 3.05) is 0 Å². The second kappa shape index (κ2) is 4.86. The molecule has 0 fully saturated rings. The van der Waals surface area contributed by atoms with E-state index in [1.54, 1.807) is 12.4 Å². The molecular formula is C15H11N3O. The molecule has 0 atom stereocenters. The summed E-state index contributed by atoms with van der Waals surface area (Å²) < 4.78 is 0. The lowest BCUT2D eigenvalue weighted by molar-refractivity contribution is 1.14. The van der Waals surface area contributed by atoms with Crippen molar-refractivity contribution in [2.45, 2.75) is 0 Å². The van der Waals surface area contributed by atoms with Gasteiger partial charge in [-0.25, -0.2) is 4.98 Å². The van der Waals surface area contributed by atoms with E-state index in [-0.39, 0.29) is 5.56 Å². The molecule has 2 aromatic heterocycles. The van der Waals surface area contributed by atoms with Crippen LogP contribution in [0.5, 0.6) is 0 Å². The number of pyridine rings is 1. The Bertz CT molecular complexity index is 733. The topological polar surface area (TPSA) is 58.6 Å². The quantitative estimate of drug-likeness (QED) is 0.759. The molecule has 3 rings (SSSR count). The van der Waals surface area contributed by atoms with E-state index in [9.17, 15) is 4.79 Å². The van der Waals surface area contributed by atoms with E-state index in [0.29, 0.717) is 11.3 Å². The first-order chi connectivity index (χ1) is 9.34. The van der Waals surface area contributed by atoms with Gasteiger partial charge in [-0.3, -0.25) is 9.78 Å². The molecule has 0 aliphatic rings. The minimum absolute atomic E-state index is 0.211. The van der Waals surface area contributed by atoms with Crippen molar-refractivity contribution < 1.29 is 0 Å². The number of hydrogen-bond donors (Lipinski definition) is 1. The van der Waals surface area contributed by atoms with E-state index in [1.807, 2.05) is 42.5 Å². The van der Waals surface area contributed by atoms with Crippen LogP contribution >= 0.6 is 0 Å². The molecule has 0 radical (unpaired) electrons. The summed E-state index contributed by atoms with van der Waals surface area (Å²) in [5, 5.41) is 0. The van der Waals surface area contributed by atoms with Gasteiger partial charge in [0, 0.05) is 29.7 Å². The maximum Gasteiger partial charge on any atom is 0.274 e. The minimum atomic E-state index is -0.211. The zero-order valence-electron chi connectivity index (χ0n) is 10.1. The Kier molecular flexibility index (Phi) is 2.90. The second-order valence-corrected chi connectivity index (χ2v) is 4.07. The maximum absolute atomic E-state index is 11.6. The SMILES string of the molecule is O=c1[nH]ccnc1-c1ccc(-c2ccccc2)nc1. The normalized spacial score (nSPS) is 10.3. The summed E-state index contributed by atoms with van der Waals surface area (Å²) in [6.07, 6.45) is 4.74. The second-order valence-electron chi connectivity index (χ2n) is 4.07. The van der Waals surface area contributed by atoms with Gasteiger partial charge in [0.2, 0.25) is 0 Å². The van der Waals surface area contributed by atoms with Crippen molar-refractivity contribution in [3.05, 3.63) is 71.4 Å². The summed E-state index contributed by atoms with van der Waals surface area (Å²) >= 11 is 0. The van der Waals surface area contributed by atoms with Crippen LogP contribution in [0.2, 0.25) is 0 Å². The summed E-state index contributed by atoms with van der Waals surface area (Å²) in [6, 6.07) is 13.6. The van der Waals surface area contributed by atoms with Crippen LogP contribution in [-0.2, 0) is 0 Å². The van der Waals surface area contributed by atoms with Gasteiger partial charge in [-0.2, -0.15) is 0 Å². The highest BCUT2D eigenvalue weighted by molar-refractivity contribution is 5.63. The average Bonchev–Trinajstić information content (AvgIpc) is 2.49. The molecule has 1 N–H and O–H groups in total. The van der Waals surface area contributed by atoms with E-state index in [0.717, 1.165) is 11.3 Å². The van der Waals surface area contributed by atoms with Gasteiger partial charge in [0.25, 0.3) is 5.56 Å². The molecule has 4 nitrogen and oxygen atoms in total. The molecule has 2 heterocycles. The van der Waals surface area contributed by atoms with Gasteiger partial charge >= 0.3 is 0 Å². The van der Waals surface area contributed by atoms with Crippen LogP contribution in [0.25, 0.3) is 22.5 Å². The van der Waals surface area contributed by atoms with Crippen molar-refractivity contribution in [1.82, 2.24) is 15.0 Å². The highest BCUT2D eigenvalue weighted by atomic mass is 16.1. The van der Waals surface area contributed by atoms with Crippen LogP contribution in [0.3, 0.4) is 0 Å². The molecule has 3 aromatic rings. The third-order valence-electron chi connectivity index (χ3n) is 2.81. The number of rotatable bonds is 2. The summed E-state index contributed by atoms with van der Waals surface area (Å²) in [5.41, 5.74) is 2.80. The Morgan fingerprint density at radius 3 is 2.42 bits per heavy atom. The Hall–Kier alpha value is -2.75. The van der Waals surface area contributed by atoms with Crippen LogP contribution in [0.15, 0.2) is 65.8 Å². The largest absolute Gasteiger partial charge is 0.326 e. The highest BCUT2D eigenvalue weighted by Crippen LogP contribution is 2.19. The lowest BCUT2D eigenvalue weighted by atomic mass is 10.1. The van der Waals surface area contributed by atoms with Crippen LogP contribution in [0.1, 0.15) is 0 Å². The maximum atomic E-state index is 11.6. The number of hydrogen-bond acceptors (Lipinski definition) is 3. The van der Waals surface area contributed by atoms with Crippen LogP contribution in [-0.4, -0.2) is 15.0 Å². The first-order valence-electron chi connectivity index (χ1n) is 5.90. The average molecular weight is 249 g/mol. The summed E-state index contributed by atoms with van der Waals surface area (Å²) in [5.74, 6) is 0. The Morgan fingerprint density at radius 2 is 1.74 bits per heavy atom. The van der Waals surface area contributed by atoms with Gasteiger partial charge in [0.05, 0.1) is 5.69 Å². The minimum Gasteiger partial charge on any atom is -0.326 e. The number of nitrogens with zero attached hydrogens (tertiary/aromatic N) is 2. The molecule has 0 aliphatic heterocycles. The van der Waals surface area contributed by atoms with Crippen molar-refractivity contribution in [1.29, 1.82) is 0 Å². The monoisotopic (exact) mass is 249 g/mol. The predicted molar refractivity (Wildman–Crippen MR) is 73.5 cm³/mol. The molecule has 1 aromatic carbocycles. The third-order valence-corrected chi connectivity index (χ3v) is 2.81. The molecule has 0 aliphatic carbocycles. The van der Waals surface area contributed by atoms with Gasteiger partial charge in [0.15, 0.2) is 0 Å². The fourth-order valence-corrected chi connectivity index (χ4v) is 1.87. The molecule has 19 heavy (non-hydrogen) atoms. The zero-order valence-corrected chi connectivity index (χ0v) is 10.1. The van der Waals surface area contributed by atoms with Gasteiger partial charge < -0.3 is 4.98 Å². The Balaban J connectivity index is 2.01. The Labute approximate surface area is 109 Å². The summed E-state index contributed by atoms with van der Waals surface area (Å²) in [6.45, 7) is 0. The van der Waals surface area contributed by atoms with Crippen molar-refractivity contribution in [2.24, 2.45) is 0 Å². The zero-order chi connectivity index (χ0) is 13.1. The fourth-order valence-electron chi connectivity index (χ4n) is 1.87. The van der Waals surface area contributed by atoms with Gasteiger partial charge in [-0.1, -0.05) is 30.3 Å². The summed E-state index contributed by atoms with van der Waals surface area (Å²) in [4.78, 5) is 22.7. The number of H-pyrrole nitrogens is 1. The first-order valence-corrected chi connectivity index (χ1v) is 5.90. The molecule has 4 heteroatoms. The van der Waals surface area contributed by atoms with Gasteiger partial charge in [-0.15, -0.1) is 0 Å². The smallest absolute Gasteiger partial charge is 0.274 e. The van der Waals surface area contributed by atoms with E-state index in [1.165, 1.54) is 6.20 Å². The van der Waals surface area contributed by atoms with Crippen LogP contribution in [0.4, 0.5) is 0 Å². The number of nitrogens with one attached hydrogen (secondary N) is 1. The standard InChI is InChI=1S/C15H11N3O/c19-15-14(16-8-9-17-15)12-6-7-13(18-10-12)11-4-2-1-3-5-11/h1-10H,(H,17,19). The van der Waals surface area contributed by atoms with E-state index in [4.69, 9.17) is 0 Å². The van der Waals surface area contributed by atoms with Crippen LogP contribution < -0.4 is 5.56 Å². The lowest BCUT2D eigenvalue weighted by Gasteiger charge is -2.02. The molecule has 0 spiro atoms. The van der Waals surface area contributed by atoms with E-state index < -0.39 is 0 Å². The predicted octanol–water partition coefficient (Wildman–Crippen LogP) is 2.50. The molecule has 0 unspecified atom stereocenters. The molecule has 0 saturated heterocycles. The van der Waals surface area contributed by atoms with E-state index >= 15 is 0 Å². The molecule has 0 saturated carbocycles. The van der Waals surface area contributed by atoms with Gasteiger partial charge in [-0.05, 0) is 12.1 Å². The third kappa shape index (κ3) is 2.28. The molecule has 0 amide bonds. The molecular weight excluding hydrogens is 238 g/mol. The van der Waals surface area contributed by atoms with Crippen molar-refractivity contribution in [3.8, 4) is 22.5 Å². The number of aromatic nitrogens is 3. The number of aromatic amines is 1. The molecule has 0 bridgehead atoms. The van der Waals surface area contributed by atoms with E-state index in [2.05, 4.69) is 15.0 Å². The van der Waals surface area contributed by atoms with Gasteiger partial charge in [0.1, 0.15) is 5.69 Å². The first kappa shape index (κ1) is 11.3. The highest BCUT2D eigenvalue weighted by Gasteiger charge is 2.05. The number of benzene rings is 1. The summed E-state index contributed by atoms with van der Waals surface area (Å²) in [7, 11) is 0. The van der Waals surface area contributed by atoms with Crippen LogP contribution in [0, 0.1) is 0 Å². The van der Waals surface area contributed by atoms with Crippen molar-refractivity contribution >= 4 is 0 Å².